The summed E-state index contributed by atoms with van der Waals surface area (Å²) >= 11 is 5.60. The second kappa shape index (κ2) is 6.97. The zero-order chi connectivity index (χ0) is 10.3. The SMILES string of the molecule is C=C(Cl)/C=C\CCC(CC)=C(C)C. The molecule has 0 saturated carbocycles. The number of halogens is 1. The van der Waals surface area contributed by atoms with Crippen molar-refractivity contribution < 1.29 is 0 Å². The van der Waals surface area contributed by atoms with E-state index in [1.54, 1.807) is 5.57 Å². The van der Waals surface area contributed by atoms with Crippen molar-refractivity contribution >= 4 is 11.6 Å². The van der Waals surface area contributed by atoms with Gasteiger partial charge in [0.15, 0.2) is 0 Å². The van der Waals surface area contributed by atoms with Crippen LogP contribution in [0.4, 0.5) is 0 Å². The Labute approximate surface area is 87.0 Å². The minimum atomic E-state index is 0.607. The van der Waals surface area contributed by atoms with Crippen LogP contribution in [0.2, 0.25) is 0 Å². The van der Waals surface area contributed by atoms with E-state index in [-0.39, 0.29) is 0 Å². The van der Waals surface area contributed by atoms with Crippen LogP contribution in [0.15, 0.2) is 34.9 Å². The van der Waals surface area contributed by atoms with Gasteiger partial charge in [-0.3, -0.25) is 0 Å². The molecule has 0 rings (SSSR count). The summed E-state index contributed by atoms with van der Waals surface area (Å²) in [6.07, 6.45) is 7.28. The number of allylic oxidation sites excluding steroid dienone is 5. The Morgan fingerprint density at radius 3 is 2.38 bits per heavy atom. The highest BCUT2D eigenvalue weighted by atomic mass is 35.5. The maximum Gasteiger partial charge on any atom is 0.0331 e. The summed E-state index contributed by atoms with van der Waals surface area (Å²) in [7, 11) is 0. The van der Waals surface area contributed by atoms with Crippen molar-refractivity contribution in [3.05, 3.63) is 34.9 Å². The Hall–Kier alpha value is -0.490. The summed E-state index contributed by atoms with van der Waals surface area (Å²) in [6, 6.07) is 0. The molecule has 0 bridgehead atoms. The van der Waals surface area contributed by atoms with Crippen molar-refractivity contribution in [3.63, 3.8) is 0 Å². The van der Waals surface area contributed by atoms with E-state index in [1.807, 2.05) is 6.08 Å². The quantitative estimate of drug-likeness (QED) is 0.439. The van der Waals surface area contributed by atoms with Crippen LogP contribution < -0.4 is 0 Å². The largest absolute Gasteiger partial charge is 0.0850 e. The predicted octanol–water partition coefficient (Wildman–Crippen LogP) is 4.82. The van der Waals surface area contributed by atoms with Crippen molar-refractivity contribution in [1.29, 1.82) is 0 Å². The third-order valence-corrected chi connectivity index (χ3v) is 2.17. The lowest BCUT2D eigenvalue weighted by atomic mass is 10.0. The second-order valence-electron chi connectivity index (χ2n) is 3.35. The third kappa shape index (κ3) is 6.65. The Morgan fingerprint density at radius 2 is 2.00 bits per heavy atom. The lowest BCUT2D eigenvalue weighted by Crippen LogP contribution is -1.84. The molecule has 0 unspecified atom stereocenters. The molecule has 0 aliphatic heterocycles. The van der Waals surface area contributed by atoms with Crippen molar-refractivity contribution in [3.8, 4) is 0 Å². The van der Waals surface area contributed by atoms with Gasteiger partial charge in [-0.05, 0) is 39.2 Å². The predicted molar refractivity (Wildman–Crippen MR) is 62.0 cm³/mol. The molecule has 74 valence electrons. The summed E-state index contributed by atoms with van der Waals surface area (Å²) in [6.45, 7) is 10.1. The number of hydrogen-bond donors (Lipinski definition) is 0. The summed E-state index contributed by atoms with van der Waals surface area (Å²) in [5, 5.41) is 0.607. The monoisotopic (exact) mass is 198 g/mol. The highest BCUT2D eigenvalue weighted by Gasteiger charge is 1.94. The first-order valence-electron chi connectivity index (χ1n) is 4.74. The van der Waals surface area contributed by atoms with Crippen LogP contribution in [-0.2, 0) is 0 Å². The molecule has 0 aliphatic carbocycles. The average Bonchev–Trinajstić information content (AvgIpc) is 2.03. The molecule has 13 heavy (non-hydrogen) atoms. The van der Waals surface area contributed by atoms with Gasteiger partial charge in [-0.15, -0.1) is 0 Å². The van der Waals surface area contributed by atoms with Crippen molar-refractivity contribution in [2.75, 3.05) is 0 Å². The van der Waals surface area contributed by atoms with E-state index in [2.05, 4.69) is 33.4 Å². The lowest BCUT2D eigenvalue weighted by molar-refractivity contribution is 0.885. The van der Waals surface area contributed by atoms with Gasteiger partial charge in [-0.1, -0.05) is 42.3 Å². The summed E-state index contributed by atoms with van der Waals surface area (Å²) in [5.74, 6) is 0. The summed E-state index contributed by atoms with van der Waals surface area (Å²) in [5.41, 5.74) is 2.99. The number of rotatable bonds is 5. The zero-order valence-corrected chi connectivity index (χ0v) is 9.62. The Balaban J connectivity index is 3.88. The molecule has 0 nitrogen and oxygen atoms in total. The Bertz CT molecular complexity index is 217. The molecular weight excluding hydrogens is 180 g/mol. The molecule has 0 aromatic heterocycles. The molecule has 0 radical (unpaired) electrons. The van der Waals surface area contributed by atoms with Crippen LogP contribution in [0.3, 0.4) is 0 Å². The Morgan fingerprint density at radius 1 is 1.38 bits per heavy atom. The van der Waals surface area contributed by atoms with E-state index in [4.69, 9.17) is 11.6 Å². The van der Waals surface area contributed by atoms with Gasteiger partial charge in [0.05, 0.1) is 0 Å². The molecule has 0 atom stereocenters. The fourth-order valence-corrected chi connectivity index (χ4v) is 1.34. The lowest BCUT2D eigenvalue weighted by Gasteiger charge is -2.04. The fraction of sp³-hybridized carbons (Fsp3) is 0.500. The average molecular weight is 199 g/mol. The van der Waals surface area contributed by atoms with Crippen LogP contribution in [0.1, 0.15) is 40.0 Å². The molecule has 0 aromatic carbocycles. The third-order valence-electron chi connectivity index (χ3n) is 2.05. The van der Waals surface area contributed by atoms with E-state index >= 15 is 0 Å². The number of hydrogen-bond acceptors (Lipinski definition) is 0. The van der Waals surface area contributed by atoms with E-state index in [0.29, 0.717) is 5.03 Å². The molecule has 0 saturated heterocycles. The summed E-state index contributed by atoms with van der Waals surface area (Å²) in [4.78, 5) is 0. The molecule has 0 heterocycles. The highest BCUT2D eigenvalue weighted by molar-refractivity contribution is 6.30. The van der Waals surface area contributed by atoms with E-state index < -0.39 is 0 Å². The standard InChI is InChI=1S/C12H19Cl/c1-5-12(10(2)3)9-7-6-8-11(4)13/h6,8H,4-5,7,9H2,1-3H3/b8-6-. The zero-order valence-electron chi connectivity index (χ0n) is 8.86. The molecule has 0 amide bonds. The van der Waals surface area contributed by atoms with Crippen LogP contribution >= 0.6 is 11.6 Å². The van der Waals surface area contributed by atoms with Crippen LogP contribution in [0.5, 0.6) is 0 Å². The maximum atomic E-state index is 5.60. The van der Waals surface area contributed by atoms with Gasteiger partial charge in [0.2, 0.25) is 0 Å². The van der Waals surface area contributed by atoms with Crippen LogP contribution in [-0.4, -0.2) is 0 Å². The smallest absolute Gasteiger partial charge is 0.0331 e. The molecule has 0 aliphatic rings. The molecule has 0 spiro atoms. The van der Waals surface area contributed by atoms with E-state index in [9.17, 15) is 0 Å². The van der Waals surface area contributed by atoms with Gasteiger partial charge in [0, 0.05) is 5.03 Å². The van der Waals surface area contributed by atoms with Gasteiger partial charge < -0.3 is 0 Å². The first-order valence-corrected chi connectivity index (χ1v) is 5.11. The van der Waals surface area contributed by atoms with E-state index in [0.717, 1.165) is 19.3 Å². The molecule has 1 heteroatoms. The fourth-order valence-electron chi connectivity index (χ4n) is 1.25. The van der Waals surface area contributed by atoms with Crippen molar-refractivity contribution in [1.82, 2.24) is 0 Å². The van der Waals surface area contributed by atoms with Crippen molar-refractivity contribution in [2.45, 2.75) is 40.0 Å². The summed E-state index contributed by atoms with van der Waals surface area (Å²) < 4.78 is 0. The topological polar surface area (TPSA) is 0 Å². The van der Waals surface area contributed by atoms with Crippen molar-refractivity contribution in [2.24, 2.45) is 0 Å². The van der Waals surface area contributed by atoms with Gasteiger partial charge >= 0.3 is 0 Å². The maximum absolute atomic E-state index is 5.60. The van der Waals surface area contributed by atoms with Gasteiger partial charge in [-0.25, -0.2) is 0 Å². The van der Waals surface area contributed by atoms with Crippen LogP contribution in [0.25, 0.3) is 0 Å². The minimum absolute atomic E-state index is 0.607. The van der Waals surface area contributed by atoms with Gasteiger partial charge in [0.1, 0.15) is 0 Å². The van der Waals surface area contributed by atoms with Gasteiger partial charge in [0.25, 0.3) is 0 Å². The first kappa shape index (κ1) is 12.5. The van der Waals surface area contributed by atoms with E-state index in [1.165, 1.54) is 5.57 Å². The highest BCUT2D eigenvalue weighted by Crippen LogP contribution is 2.15. The Kier molecular flexibility index (Phi) is 6.70. The molecular formula is C12H19Cl. The minimum Gasteiger partial charge on any atom is -0.0850 e. The second-order valence-corrected chi connectivity index (χ2v) is 3.83. The molecule has 0 fully saturated rings. The molecule has 0 aromatic rings. The van der Waals surface area contributed by atoms with Gasteiger partial charge in [-0.2, -0.15) is 0 Å². The normalized spacial score (nSPS) is 10.5. The van der Waals surface area contributed by atoms with Crippen LogP contribution in [0, 0.1) is 0 Å². The first-order chi connectivity index (χ1) is 6.07. The molecule has 0 N–H and O–H groups in total.